The number of hydrogen-bond donors (Lipinski definition) is 1. The van der Waals surface area contributed by atoms with E-state index in [1.54, 1.807) is 15.5 Å². The number of benzene rings is 3. The van der Waals surface area contributed by atoms with Gasteiger partial charge in [-0.05, 0) is 77.4 Å². The number of hydrogen-bond acceptors (Lipinski definition) is 5. The van der Waals surface area contributed by atoms with E-state index in [2.05, 4.69) is 48.0 Å². The van der Waals surface area contributed by atoms with Gasteiger partial charge in [0.2, 0.25) is 5.91 Å². The van der Waals surface area contributed by atoms with E-state index in [1.165, 1.54) is 24.3 Å². The molecule has 206 valence electrons. The second-order valence-corrected chi connectivity index (χ2v) is 11.4. The molecule has 1 N–H and O–H groups in total. The van der Waals surface area contributed by atoms with Crippen molar-refractivity contribution in [3.63, 3.8) is 0 Å². The number of piperazine rings is 1. The quantitative estimate of drug-likeness (QED) is 0.216. The van der Waals surface area contributed by atoms with E-state index in [1.807, 2.05) is 42.2 Å². The van der Waals surface area contributed by atoms with Gasteiger partial charge in [-0.2, -0.15) is 4.98 Å². The van der Waals surface area contributed by atoms with E-state index in [0.717, 1.165) is 10.9 Å². The predicted octanol–water partition coefficient (Wildman–Crippen LogP) is 5.85. The van der Waals surface area contributed by atoms with Gasteiger partial charge in [-0.15, -0.1) is 0 Å². The van der Waals surface area contributed by atoms with Crippen LogP contribution in [0.1, 0.15) is 32.3 Å². The summed E-state index contributed by atoms with van der Waals surface area (Å²) in [5.41, 5.74) is 2.32. The van der Waals surface area contributed by atoms with E-state index in [0.29, 0.717) is 45.8 Å². The van der Waals surface area contributed by atoms with Crippen LogP contribution in [0.25, 0.3) is 27.7 Å². The molecular formula is C31H30FIN4O3. The topological polar surface area (TPSA) is 78.7 Å². The Morgan fingerprint density at radius 2 is 1.93 bits per heavy atom. The van der Waals surface area contributed by atoms with Gasteiger partial charge in [0, 0.05) is 40.2 Å². The zero-order valence-corrected chi connectivity index (χ0v) is 24.7. The molecule has 0 unspecified atom stereocenters. The first-order valence-corrected chi connectivity index (χ1v) is 14.2. The van der Waals surface area contributed by atoms with Crippen molar-refractivity contribution in [2.75, 3.05) is 24.5 Å². The number of amides is 1. The van der Waals surface area contributed by atoms with Crippen molar-refractivity contribution in [3.8, 4) is 22.6 Å². The van der Waals surface area contributed by atoms with Crippen molar-refractivity contribution in [1.29, 1.82) is 0 Å². The molecule has 0 saturated carbocycles. The molecule has 0 aliphatic carbocycles. The summed E-state index contributed by atoms with van der Waals surface area (Å²) in [6.45, 7) is 11.1. The van der Waals surface area contributed by atoms with Crippen LogP contribution in [-0.2, 0) is 4.79 Å². The van der Waals surface area contributed by atoms with E-state index in [4.69, 9.17) is 0 Å². The molecule has 1 aliphatic heterocycles. The third-order valence-corrected chi connectivity index (χ3v) is 8.30. The number of rotatable bonds is 5. The van der Waals surface area contributed by atoms with E-state index >= 15 is 4.39 Å². The zero-order chi connectivity index (χ0) is 28.7. The maximum absolute atomic E-state index is 15.0. The number of nitrogens with zero attached hydrogens (tertiary/aromatic N) is 4. The first-order chi connectivity index (χ1) is 19.1. The molecular weight excluding hydrogens is 626 g/mol. The molecule has 9 heteroatoms. The van der Waals surface area contributed by atoms with Gasteiger partial charge in [-0.1, -0.05) is 44.7 Å². The number of aromatic hydroxyl groups is 1. The number of anilines is 1. The van der Waals surface area contributed by atoms with Crippen LogP contribution in [0.5, 0.6) is 5.75 Å². The molecule has 0 radical (unpaired) electrons. The third kappa shape index (κ3) is 4.87. The molecule has 1 fully saturated rings. The maximum Gasteiger partial charge on any atom is 0.354 e. The van der Waals surface area contributed by atoms with Crippen molar-refractivity contribution in [1.82, 2.24) is 14.5 Å². The molecule has 4 aromatic rings. The molecule has 1 atom stereocenters. The Morgan fingerprint density at radius 1 is 1.18 bits per heavy atom. The molecule has 7 nitrogen and oxygen atoms in total. The normalized spacial score (nSPS) is 15.6. The van der Waals surface area contributed by atoms with Crippen molar-refractivity contribution < 1.29 is 14.3 Å². The maximum atomic E-state index is 15.0. The minimum absolute atomic E-state index is 0.0771. The van der Waals surface area contributed by atoms with Gasteiger partial charge >= 0.3 is 5.69 Å². The third-order valence-electron chi connectivity index (χ3n) is 7.41. The lowest BCUT2D eigenvalue weighted by molar-refractivity contribution is -0.126. The van der Waals surface area contributed by atoms with Crippen LogP contribution >= 0.6 is 22.6 Å². The molecule has 40 heavy (non-hydrogen) atoms. The first kappa shape index (κ1) is 27.8. The van der Waals surface area contributed by atoms with Crippen LogP contribution in [-0.4, -0.2) is 51.1 Å². The number of phenols is 1. The fraction of sp³-hybridized carbons (Fsp3) is 0.258. The molecule has 0 bridgehead atoms. The number of fused-ring (bicyclic) bond motifs is 1. The van der Waals surface area contributed by atoms with Gasteiger partial charge in [-0.25, -0.2) is 9.18 Å². The Hall–Kier alpha value is -3.73. The lowest BCUT2D eigenvalue weighted by Crippen LogP contribution is -2.54. The number of phenolic OH excluding ortho intramolecular Hbond substituents is 1. The van der Waals surface area contributed by atoms with Crippen LogP contribution in [0.4, 0.5) is 10.2 Å². The van der Waals surface area contributed by atoms with Crippen molar-refractivity contribution in [2.45, 2.75) is 32.7 Å². The van der Waals surface area contributed by atoms with E-state index in [-0.39, 0.29) is 29.2 Å². The average molecular weight is 657 g/mol. The highest BCUT2D eigenvalue weighted by atomic mass is 131. The van der Waals surface area contributed by atoms with Crippen LogP contribution in [0.15, 0.2) is 72.0 Å². The first-order valence-electron chi connectivity index (χ1n) is 13.1. The highest BCUT2D eigenvalue weighted by molar-refractivity contribution is 14.1. The molecule has 1 saturated heterocycles. The fourth-order valence-electron chi connectivity index (χ4n) is 5.43. The summed E-state index contributed by atoms with van der Waals surface area (Å²) in [6, 6.07) is 15.4. The van der Waals surface area contributed by atoms with Gasteiger partial charge in [0.05, 0.1) is 16.8 Å². The smallest absolute Gasteiger partial charge is 0.354 e. The Bertz CT molecular complexity index is 1680. The van der Waals surface area contributed by atoms with Gasteiger partial charge in [-0.3, -0.25) is 9.36 Å². The van der Waals surface area contributed by atoms with Gasteiger partial charge in [0.15, 0.2) is 0 Å². The molecule has 1 amide bonds. The Labute approximate surface area is 245 Å². The Balaban J connectivity index is 1.80. The lowest BCUT2D eigenvalue weighted by atomic mass is 9.99. The number of carbonyl (C=O) groups is 1. The summed E-state index contributed by atoms with van der Waals surface area (Å²) < 4.78 is 17.3. The SMILES string of the molecule is C=CC(=O)N1CCN(c2nc(=O)n(-c3ccccc3C(C)C)c3cc(-c4c(O)cccc4F)c([131I])cc23)[C@@H](C)C1. The zero-order valence-electron chi connectivity index (χ0n) is 22.6. The summed E-state index contributed by atoms with van der Waals surface area (Å²) in [6.07, 6.45) is 1.31. The number of halogens is 2. The van der Waals surface area contributed by atoms with Gasteiger partial charge in [0.1, 0.15) is 17.4 Å². The van der Waals surface area contributed by atoms with E-state index in [9.17, 15) is 14.7 Å². The van der Waals surface area contributed by atoms with Crippen LogP contribution in [0, 0.1) is 9.39 Å². The average Bonchev–Trinajstić information content (AvgIpc) is 2.92. The second kappa shape index (κ2) is 11.0. The summed E-state index contributed by atoms with van der Waals surface area (Å²) in [5, 5.41) is 11.3. The standard InChI is InChI=1S/C31H30FIN4O3/c1-5-28(39)35-13-14-36(19(4)17-35)30-22-15-24(33)21(29-23(32)10-8-12-27(29)38)16-26(22)37(31(40)34-30)25-11-7-6-9-20(25)18(2)3/h5-12,15-16,18-19,38H,1,13-14,17H2,2-4H3/t19-/m0/s1/i33+4. The van der Waals surface area contributed by atoms with E-state index < -0.39 is 11.5 Å². The highest BCUT2D eigenvalue weighted by Gasteiger charge is 2.30. The molecule has 1 aromatic heterocycles. The molecule has 1 aliphatic rings. The molecule has 3 aromatic carbocycles. The summed E-state index contributed by atoms with van der Waals surface area (Å²) >= 11 is 2.13. The fourth-order valence-corrected chi connectivity index (χ4v) is 6.17. The lowest BCUT2D eigenvalue weighted by Gasteiger charge is -2.40. The van der Waals surface area contributed by atoms with Crippen LogP contribution in [0.3, 0.4) is 0 Å². The highest BCUT2D eigenvalue weighted by Crippen LogP contribution is 2.39. The number of aromatic nitrogens is 2. The largest absolute Gasteiger partial charge is 0.507 e. The minimum atomic E-state index is -0.556. The monoisotopic (exact) mass is 656 g/mol. The molecule has 0 spiro atoms. The van der Waals surface area contributed by atoms with Crippen molar-refractivity contribution >= 4 is 45.2 Å². The molecule has 5 rings (SSSR count). The Kier molecular flexibility index (Phi) is 7.67. The van der Waals surface area contributed by atoms with Gasteiger partial charge in [0.25, 0.3) is 0 Å². The summed E-state index contributed by atoms with van der Waals surface area (Å²) in [4.78, 5) is 34.5. The second-order valence-electron chi connectivity index (χ2n) is 10.3. The van der Waals surface area contributed by atoms with Crippen molar-refractivity contribution in [2.24, 2.45) is 0 Å². The summed E-state index contributed by atoms with van der Waals surface area (Å²) in [5.74, 6) is -0.223. The number of para-hydroxylation sites is 1. The Morgan fingerprint density at radius 3 is 2.60 bits per heavy atom. The van der Waals surface area contributed by atoms with Crippen LogP contribution in [0.2, 0.25) is 0 Å². The molecule has 2 heterocycles. The number of carbonyl (C=O) groups excluding carboxylic acids is 1. The van der Waals surface area contributed by atoms with Gasteiger partial charge < -0.3 is 14.9 Å². The predicted molar refractivity (Wildman–Crippen MR) is 165 cm³/mol. The summed E-state index contributed by atoms with van der Waals surface area (Å²) in [7, 11) is 0. The minimum Gasteiger partial charge on any atom is -0.507 e. The van der Waals surface area contributed by atoms with Crippen LogP contribution < -0.4 is 10.6 Å². The van der Waals surface area contributed by atoms with Crippen molar-refractivity contribution in [3.05, 3.63) is 92.7 Å².